The number of aryl methyl sites for hydroxylation is 1. The topological polar surface area (TPSA) is 25.2 Å². The van der Waals surface area contributed by atoms with Crippen LogP contribution in [0.1, 0.15) is 36.1 Å². The summed E-state index contributed by atoms with van der Waals surface area (Å²) in [5.41, 5.74) is 2.29. The molecule has 2 rings (SSSR count). The fourth-order valence-corrected chi connectivity index (χ4v) is 2.03. The van der Waals surface area contributed by atoms with Crippen molar-refractivity contribution in [3.05, 3.63) is 59.3 Å². The number of hydrogen-bond donors (Lipinski definition) is 1. The molecule has 0 fully saturated rings. The predicted octanol–water partition coefficient (Wildman–Crippen LogP) is 3.82. The standard InChI is InChI=1S/C15H18FNO/c1-3-8-17-15(12-7-9-18-10-12)13-6-4-5-11(2)14(13)16/h4-7,9-10,15,17H,3,8H2,1-2H3. The summed E-state index contributed by atoms with van der Waals surface area (Å²) in [7, 11) is 0. The second kappa shape index (κ2) is 5.83. The van der Waals surface area contributed by atoms with Gasteiger partial charge in [-0.05, 0) is 31.5 Å². The van der Waals surface area contributed by atoms with Crippen molar-refractivity contribution < 1.29 is 8.81 Å². The van der Waals surface area contributed by atoms with Crippen LogP contribution >= 0.6 is 0 Å². The van der Waals surface area contributed by atoms with Gasteiger partial charge in [0.1, 0.15) is 5.82 Å². The zero-order chi connectivity index (χ0) is 13.0. The van der Waals surface area contributed by atoms with Gasteiger partial charge in [0.2, 0.25) is 0 Å². The minimum atomic E-state index is -0.149. The lowest BCUT2D eigenvalue weighted by atomic mass is 9.98. The van der Waals surface area contributed by atoms with Gasteiger partial charge < -0.3 is 9.73 Å². The van der Waals surface area contributed by atoms with Crippen LogP contribution in [-0.4, -0.2) is 6.54 Å². The lowest BCUT2D eigenvalue weighted by Gasteiger charge is -2.19. The number of furan rings is 1. The molecule has 1 atom stereocenters. The van der Waals surface area contributed by atoms with E-state index < -0.39 is 0 Å². The molecule has 3 heteroatoms. The summed E-state index contributed by atoms with van der Waals surface area (Å²) < 4.78 is 19.3. The van der Waals surface area contributed by atoms with E-state index in [1.165, 1.54) is 0 Å². The summed E-state index contributed by atoms with van der Waals surface area (Å²) in [6, 6.07) is 7.21. The third-order valence-electron chi connectivity index (χ3n) is 3.01. The van der Waals surface area contributed by atoms with Crippen molar-refractivity contribution in [2.24, 2.45) is 0 Å². The van der Waals surface area contributed by atoms with Crippen LogP contribution in [0.15, 0.2) is 41.2 Å². The van der Waals surface area contributed by atoms with Gasteiger partial charge >= 0.3 is 0 Å². The zero-order valence-electron chi connectivity index (χ0n) is 10.7. The van der Waals surface area contributed by atoms with Gasteiger partial charge in [0.05, 0.1) is 18.6 Å². The Morgan fingerprint density at radius 2 is 2.17 bits per heavy atom. The second-order valence-electron chi connectivity index (χ2n) is 4.42. The van der Waals surface area contributed by atoms with Crippen LogP contribution in [0.25, 0.3) is 0 Å². The number of nitrogens with one attached hydrogen (secondary N) is 1. The van der Waals surface area contributed by atoms with E-state index in [0.29, 0.717) is 11.1 Å². The average molecular weight is 247 g/mol. The average Bonchev–Trinajstić information content (AvgIpc) is 2.88. The summed E-state index contributed by atoms with van der Waals surface area (Å²) in [6.07, 6.45) is 4.28. The normalized spacial score (nSPS) is 12.6. The molecule has 1 heterocycles. The molecule has 1 N–H and O–H groups in total. The van der Waals surface area contributed by atoms with E-state index in [-0.39, 0.29) is 11.9 Å². The molecule has 0 saturated carbocycles. The Kier molecular flexibility index (Phi) is 4.15. The van der Waals surface area contributed by atoms with Gasteiger partial charge in [-0.2, -0.15) is 0 Å². The third-order valence-corrected chi connectivity index (χ3v) is 3.01. The van der Waals surface area contributed by atoms with Crippen LogP contribution in [-0.2, 0) is 0 Å². The molecule has 0 bridgehead atoms. The van der Waals surface area contributed by atoms with Crippen molar-refractivity contribution in [2.45, 2.75) is 26.3 Å². The van der Waals surface area contributed by atoms with Crippen molar-refractivity contribution in [1.82, 2.24) is 5.32 Å². The first-order chi connectivity index (χ1) is 8.74. The lowest BCUT2D eigenvalue weighted by Crippen LogP contribution is -2.24. The largest absolute Gasteiger partial charge is 0.472 e. The Balaban J connectivity index is 2.37. The summed E-state index contributed by atoms with van der Waals surface area (Å²) in [4.78, 5) is 0. The smallest absolute Gasteiger partial charge is 0.131 e. The molecular formula is C15H18FNO. The number of benzene rings is 1. The van der Waals surface area contributed by atoms with Gasteiger partial charge in [-0.25, -0.2) is 4.39 Å². The van der Waals surface area contributed by atoms with Gasteiger partial charge in [0.25, 0.3) is 0 Å². The van der Waals surface area contributed by atoms with Crippen molar-refractivity contribution in [3.8, 4) is 0 Å². The van der Waals surface area contributed by atoms with Crippen LogP contribution in [0.5, 0.6) is 0 Å². The quantitative estimate of drug-likeness (QED) is 0.869. The van der Waals surface area contributed by atoms with E-state index in [1.807, 2.05) is 18.2 Å². The predicted molar refractivity (Wildman–Crippen MR) is 70.0 cm³/mol. The number of rotatable bonds is 5. The minimum Gasteiger partial charge on any atom is -0.472 e. The highest BCUT2D eigenvalue weighted by Crippen LogP contribution is 2.26. The molecule has 2 aromatic rings. The van der Waals surface area contributed by atoms with Gasteiger partial charge in [-0.15, -0.1) is 0 Å². The fourth-order valence-electron chi connectivity index (χ4n) is 2.03. The molecule has 0 aliphatic heterocycles. The van der Waals surface area contributed by atoms with E-state index >= 15 is 0 Å². The maximum absolute atomic E-state index is 14.2. The first-order valence-corrected chi connectivity index (χ1v) is 6.24. The number of halogens is 1. The van der Waals surface area contributed by atoms with Crippen molar-refractivity contribution in [2.75, 3.05) is 6.54 Å². The summed E-state index contributed by atoms with van der Waals surface area (Å²) in [6.45, 7) is 4.71. The zero-order valence-corrected chi connectivity index (χ0v) is 10.7. The molecule has 0 aliphatic rings. The van der Waals surface area contributed by atoms with Crippen molar-refractivity contribution >= 4 is 0 Å². The molecule has 1 unspecified atom stereocenters. The monoisotopic (exact) mass is 247 g/mol. The number of hydrogen-bond acceptors (Lipinski definition) is 2. The van der Waals surface area contributed by atoms with E-state index in [0.717, 1.165) is 18.5 Å². The molecule has 0 spiro atoms. The Hall–Kier alpha value is -1.61. The van der Waals surface area contributed by atoms with E-state index in [1.54, 1.807) is 25.5 Å². The van der Waals surface area contributed by atoms with Crippen LogP contribution in [0.4, 0.5) is 4.39 Å². The summed E-state index contributed by atoms with van der Waals surface area (Å²) >= 11 is 0. The van der Waals surface area contributed by atoms with Crippen LogP contribution in [0, 0.1) is 12.7 Å². The fraction of sp³-hybridized carbons (Fsp3) is 0.333. The lowest BCUT2D eigenvalue weighted by molar-refractivity contribution is 0.527. The van der Waals surface area contributed by atoms with E-state index in [4.69, 9.17) is 4.42 Å². The molecule has 1 aromatic carbocycles. The molecule has 0 saturated heterocycles. The van der Waals surface area contributed by atoms with Gasteiger partial charge in [-0.1, -0.05) is 25.1 Å². The Morgan fingerprint density at radius 3 is 2.83 bits per heavy atom. The Morgan fingerprint density at radius 1 is 1.33 bits per heavy atom. The highest BCUT2D eigenvalue weighted by molar-refractivity contribution is 5.34. The first kappa shape index (κ1) is 12.8. The van der Waals surface area contributed by atoms with Crippen LogP contribution < -0.4 is 5.32 Å². The summed E-state index contributed by atoms with van der Waals surface area (Å²) in [5.74, 6) is -0.146. The SMILES string of the molecule is CCCNC(c1ccoc1)c1cccc(C)c1F. The Labute approximate surface area is 107 Å². The molecule has 1 aromatic heterocycles. The summed E-state index contributed by atoms with van der Waals surface area (Å²) in [5, 5.41) is 3.36. The van der Waals surface area contributed by atoms with Crippen molar-refractivity contribution in [1.29, 1.82) is 0 Å². The van der Waals surface area contributed by atoms with Crippen molar-refractivity contribution in [3.63, 3.8) is 0 Å². The maximum Gasteiger partial charge on any atom is 0.131 e. The molecule has 0 aliphatic carbocycles. The highest BCUT2D eigenvalue weighted by Gasteiger charge is 2.18. The molecule has 0 amide bonds. The molecule has 2 nitrogen and oxygen atoms in total. The Bertz CT molecular complexity index is 493. The van der Waals surface area contributed by atoms with Crippen LogP contribution in [0.2, 0.25) is 0 Å². The molecule has 0 radical (unpaired) electrons. The highest BCUT2D eigenvalue weighted by atomic mass is 19.1. The van der Waals surface area contributed by atoms with Gasteiger partial charge in [-0.3, -0.25) is 0 Å². The molecular weight excluding hydrogens is 229 g/mol. The molecule has 18 heavy (non-hydrogen) atoms. The van der Waals surface area contributed by atoms with Gasteiger partial charge in [0.15, 0.2) is 0 Å². The van der Waals surface area contributed by atoms with E-state index in [9.17, 15) is 4.39 Å². The molecule has 96 valence electrons. The second-order valence-corrected chi connectivity index (χ2v) is 4.42. The van der Waals surface area contributed by atoms with Gasteiger partial charge in [0, 0.05) is 11.1 Å². The first-order valence-electron chi connectivity index (χ1n) is 6.24. The van der Waals surface area contributed by atoms with E-state index in [2.05, 4.69) is 12.2 Å². The minimum absolute atomic E-state index is 0.146. The van der Waals surface area contributed by atoms with Crippen LogP contribution in [0.3, 0.4) is 0 Å². The third kappa shape index (κ3) is 2.62. The maximum atomic E-state index is 14.2.